The average Bonchev–Trinajstić information content (AvgIpc) is 2.49. The van der Waals surface area contributed by atoms with Gasteiger partial charge in [0.1, 0.15) is 0 Å². The number of fused-ring (bicyclic) bond motifs is 1. The van der Waals surface area contributed by atoms with Crippen LogP contribution in [-0.2, 0) is 0 Å². The van der Waals surface area contributed by atoms with Crippen LogP contribution in [0.3, 0.4) is 0 Å². The Morgan fingerprint density at radius 2 is 2.00 bits per heavy atom. The molecular formula is C17H24N4. The molecule has 2 heterocycles. The summed E-state index contributed by atoms with van der Waals surface area (Å²) in [6, 6.07) is 8.02. The second-order valence-corrected chi connectivity index (χ2v) is 5.92. The van der Waals surface area contributed by atoms with Crippen molar-refractivity contribution >= 4 is 22.3 Å². The lowest BCUT2D eigenvalue weighted by Gasteiger charge is -2.26. The lowest BCUT2D eigenvalue weighted by Crippen LogP contribution is -2.33. The van der Waals surface area contributed by atoms with Gasteiger partial charge in [-0.25, -0.2) is 0 Å². The fourth-order valence-electron chi connectivity index (χ4n) is 3.05. The second-order valence-electron chi connectivity index (χ2n) is 5.92. The lowest BCUT2D eigenvalue weighted by molar-refractivity contribution is 0.237. The Hall–Kier alpha value is -1.81. The maximum absolute atomic E-state index is 5.91. The minimum absolute atomic E-state index is 0.784. The van der Waals surface area contributed by atoms with Gasteiger partial charge in [0.05, 0.1) is 5.52 Å². The topological polar surface area (TPSA) is 54.2 Å². The van der Waals surface area contributed by atoms with Crippen LogP contribution in [0.1, 0.15) is 25.0 Å². The monoisotopic (exact) mass is 284 g/mol. The van der Waals surface area contributed by atoms with Gasteiger partial charge in [0.2, 0.25) is 0 Å². The highest BCUT2D eigenvalue weighted by molar-refractivity contribution is 5.93. The summed E-state index contributed by atoms with van der Waals surface area (Å²) in [5.41, 5.74) is 9.88. The van der Waals surface area contributed by atoms with Crippen molar-refractivity contribution in [3.8, 4) is 0 Å². The number of nitrogen functional groups attached to an aromatic ring is 1. The van der Waals surface area contributed by atoms with Crippen LogP contribution in [0.5, 0.6) is 0 Å². The molecular weight excluding hydrogens is 260 g/mol. The van der Waals surface area contributed by atoms with Crippen molar-refractivity contribution in [3.05, 3.63) is 30.0 Å². The molecule has 1 fully saturated rings. The summed E-state index contributed by atoms with van der Waals surface area (Å²) in [5, 5.41) is 4.68. The number of anilines is 2. The predicted molar refractivity (Wildman–Crippen MR) is 89.7 cm³/mol. The van der Waals surface area contributed by atoms with Gasteiger partial charge in [-0.15, -0.1) is 0 Å². The summed E-state index contributed by atoms with van der Waals surface area (Å²) in [6.07, 6.45) is 4.07. The molecule has 0 radical (unpaired) electrons. The quantitative estimate of drug-likeness (QED) is 0.847. The number of rotatable bonds is 4. The maximum Gasteiger partial charge on any atom is 0.0727 e. The molecule has 4 nitrogen and oxygen atoms in total. The number of piperidine rings is 1. The van der Waals surface area contributed by atoms with Crippen molar-refractivity contribution in [2.75, 3.05) is 37.2 Å². The standard InChI is InChI=1S/C17H24N4/c1-13-11-17(15-12-14(18)5-6-16(15)20-13)19-7-10-21-8-3-2-4-9-21/h5-6,11-12H,2-4,7-10,18H2,1H3,(H,19,20). The van der Waals surface area contributed by atoms with Crippen LogP contribution in [0.15, 0.2) is 24.3 Å². The highest BCUT2D eigenvalue weighted by atomic mass is 15.1. The average molecular weight is 284 g/mol. The first-order valence-corrected chi connectivity index (χ1v) is 7.85. The predicted octanol–water partition coefficient (Wildman–Crippen LogP) is 3.02. The van der Waals surface area contributed by atoms with Crippen molar-refractivity contribution in [2.45, 2.75) is 26.2 Å². The Kier molecular flexibility index (Phi) is 4.25. The first-order chi connectivity index (χ1) is 10.2. The summed E-state index contributed by atoms with van der Waals surface area (Å²) in [5.74, 6) is 0. The van der Waals surface area contributed by atoms with E-state index in [1.807, 2.05) is 25.1 Å². The third-order valence-corrected chi connectivity index (χ3v) is 4.15. The fourth-order valence-corrected chi connectivity index (χ4v) is 3.05. The number of nitrogens with two attached hydrogens (primary N) is 1. The molecule has 0 amide bonds. The fraction of sp³-hybridized carbons (Fsp3) is 0.471. The van der Waals surface area contributed by atoms with E-state index in [1.165, 1.54) is 32.4 Å². The molecule has 3 rings (SSSR count). The number of aromatic nitrogens is 1. The van der Waals surface area contributed by atoms with Crippen molar-refractivity contribution in [3.63, 3.8) is 0 Å². The van der Waals surface area contributed by atoms with Crippen LogP contribution < -0.4 is 11.1 Å². The zero-order chi connectivity index (χ0) is 14.7. The van der Waals surface area contributed by atoms with Crippen LogP contribution in [0.25, 0.3) is 10.9 Å². The maximum atomic E-state index is 5.91. The first kappa shape index (κ1) is 14.1. The van der Waals surface area contributed by atoms with Crippen molar-refractivity contribution in [1.82, 2.24) is 9.88 Å². The number of hydrogen-bond donors (Lipinski definition) is 2. The van der Waals surface area contributed by atoms with E-state index in [-0.39, 0.29) is 0 Å². The van der Waals surface area contributed by atoms with E-state index in [9.17, 15) is 0 Å². The van der Waals surface area contributed by atoms with E-state index in [1.54, 1.807) is 0 Å². The number of nitrogens with one attached hydrogen (secondary N) is 1. The van der Waals surface area contributed by atoms with Crippen LogP contribution in [-0.4, -0.2) is 36.1 Å². The van der Waals surface area contributed by atoms with E-state index in [0.717, 1.165) is 41.1 Å². The summed E-state index contributed by atoms with van der Waals surface area (Å²) in [4.78, 5) is 7.11. The second kappa shape index (κ2) is 6.31. The number of benzene rings is 1. The van der Waals surface area contributed by atoms with Gasteiger partial charge in [-0.3, -0.25) is 4.98 Å². The zero-order valence-electron chi connectivity index (χ0n) is 12.7. The molecule has 1 aliphatic heterocycles. The third-order valence-electron chi connectivity index (χ3n) is 4.15. The van der Waals surface area contributed by atoms with Crippen molar-refractivity contribution in [1.29, 1.82) is 0 Å². The van der Waals surface area contributed by atoms with Crippen LogP contribution in [0, 0.1) is 6.92 Å². The number of hydrogen-bond acceptors (Lipinski definition) is 4. The molecule has 0 saturated carbocycles. The Bertz CT molecular complexity index is 617. The Balaban J connectivity index is 1.71. The van der Waals surface area contributed by atoms with E-state index >= 15 is 0 Å². The van der Waals surface area contributed by atoms with E-state index < -0.39 is 0 Å². The van der Waals surface area contributed by atoms with Gasteiger partial charge in [0.15, 0.2) is 0 Å². The molecule has 1 saturated heterocycles. The van der Waals surface area contributed by atoms with E-state index in [2.05, 4.69) is 21.3 Å². The van der Waals surface area contributed by atoms with Crippen LogP contribution in [0.4, 0.5) is 11.4 Å². The number of aryl methyl sites for hydroxylation is 1. The molecule has 4 heteroatoms. The van der Waals surface area contributed by atoms with Crippen molar-refractivity contribution < 1.29 is 0 Å². The summed E-state index contributed by atoms with van der Waals surface area (Å²) in [6.45, 7) is 6.58. The molecule has 21 heavy (non-hydrogen) atoms. The number of pyridine rings is 1. The zero-order valence-corrected chi connectivity index (χ0v) is 12.7. The van der Waals surface area contributed by atoms with Gasteiger partial charge >= 0.3 is 0 Å². The van der Waals surface area contributed by atoms with Crippen LogP contribution >= 0.6 is 0 Å². The molecule has 0 atom stereocenters. The Labute approximate surface area is 126 Å². The molecule has 0 aliphatic carbocycles. The molecule has 0 spiro atoms. The largest absolute Gasteiger partial charge is 0.399 e. The lowest BCUT2D eigenvalue weighted by atomic mass is 10.1. The van der Waals surface area contributed by atoms with Gasteiger partial charge in [-0.1, -0.05) is 6.42 Å². The number of likely N-dealkylation sites (tertiary alicyclic amines) is 1. The Morgan fingerprint density at radius 3 is 2.81 bits per heavy atom. The van der Waals surface area contributed by atoms with Gasteiger partial charge in [0.25, 0.3) is 0 Å². The van der Waals surface area contributed by atoms with E-state index in [0.29, 0.717) is 0 Å². The van der Waals surface area contributed by atoms with Gasteiger partial charge in [-0.2, -0.15) is 0 Å². The minimum Gasteiger partial charge on any atom is -0.399 e. The SMILES string of the molecule is Cc1cc(NCCN2CCCCC2)c2cc(N)ccc2n1. The first-order valence-electron chi connectivity index (χ1n) is 7.85. The van der Waals surface area contributed by atoms with Gasteiger partial charge < -0.3 is 16.0 Å². The molecule has 1 aliphatic rings. The molecule has 1 aromatic heterocycles. The van der Waals surface area contributed by atoms with Crippen molar-refractivity contribution in [2.24, 2.45) is 0 Å². The molecule has 3 N–H and O–H groups in total. The third kappa shape index (κ3) is 3.45. The normalized spacial score (nSPS) is 16.2. The van der Waals surface area contributed by atoms with E-state index in [4.69, 9.17) is 5.73 Å². The van der Waals surface area contributed by atoms with Gasteiger partial charge in [-0.05, 0) is 57.1 Å². The van der Waals surface area contributed by atoms with Gasteiger partial charge in [0, 0.05) is 35.5 Å². The molecule has 112 valence electrons. The minimum atomic E-state index is 0.784. The molecule has 2 aromatic rings. The number of nitrogens with zero attached hydrogens (tertiary/aromatic N) is 2. The molecule has 1 aromatic carbocycles. The molecule has 0 bridgehead atoms. The Morgan fingerprint density at radius 1 is 1.19 bits per heavy atom. The summed E-state index contributed by atoms with van der Waals surface area (Å²) in [7, 11) is 0. The molecule has 0 unspecified atom stereocenters. The summed E-state index contributed by atoms with van der Waals surface area (Å²) >= 11 is 0. The highest BCUT2D eigenvalue weighted by Crippen LogP contribution is 2.25. The smallest absolute Gasteiger partial charge is 0.0727 e. The van der Waals surface area contributed by atoms with Crippen LogP contribution in [0.2, 0.25) is 0 Å². The summed E-state index contributed by atoms with van der Waals surface area (Å²) < 4.78 is 0. The highest BCUT2D eigenvalue weighted by Gasteiger charge is 2.10.